The third kappa shape index (κ3) is 2.83. The van der Waals surface area contributed by atoms with E-state index < -0.39 is 0 Å². The molecule has 1 rings (SSSR count). The molecule has 1 aromatic heterocycles. The van der Waals surface area contributed by atoms with Gasteiger partial charge < -0.3 is 5.32 Å². The van der Waals surface area contributed by atoms with Crippen LogP contribution in [0.25, 0.3) is 0 Å². The molecule has 0 aromatic carbocycles. The van der Waals surface area contributed by atoms with Crippen LogP contribution in [0.2, 0.25) is 0 Å². The Hall–Kier alpha value is -1.38. The van der Waals surface area contributed by atoms with E-state index in [1.807, 2.05) is 20.0 Å². The molecular formula is C11H17N3. The Morgan fingerprint density at radius 3 is 2.86 bits per heavy atom. The normalized spacial score (nSPS) is 9.93. The molecule has 1 heterocycles. The van der Waals surface area contributed by atoms with Crippen LogP contribution in [0, 0.1) is 6.92 Å². The Morgan fingerprint density at radius 1 is 1.57 bits per heavy atom. The number of aryl methyl sites for hydroxylation is 2. The number of nitrogens with one attached hydrogen (secondary N) is 1. The van der Waals surface area contributed by atoms with E-state index in [2.05, 4.69) is 28.8 Å². The van der Waals surface area contributed by atoms with Gasteiger partial charge in [0.2, 0.25) is 0 Å². The number of aromatic nitrogens is 2. The molecule has 3 heteroatoms. The van der Waals surface area contributed by atoms with E-state index in [1.54, 1.807) is 0 Å². The maximum absolute atomic E-state index is 4.35. The van der Waals surface area contributed by atoms with Crippen LogP contribution < -0.4 is 5.32 Å². The smallest absolute Gasteiger partial charge is 0.137 e. The summed E-state index contributed by atoms with van der Waals surface area (Å²) in [6.45, 7) is 9.77. The summed E-state index contributed by atoms with van der Waals surface area (Å²) in [4.78, 5) is 8.53. The molecule has 76 valence electrons. The van der Waals surface area contributed by atoms with Crippen molar-refractivity contribution in [3.63, 3.8) is 0 Å². The van der Waals surface area contributed by atoms with Gasteiger partial charge in [0.1, 0.15) is 11.6 Å². The third-order valence-corrected chi connectivity index (χ3v) is 1.84. The first-order chi connectivity index (χ1) is 6.63. The molecule has 0 amide bonds. The minimum atomic E-state index is 0.786. The molecule has 0 fully saturated rings. The second kappa shape index (κ2) is 4.74. The van der Waals surface area contributed by atoms with Gasteiger partial charge in [0.05, 0.1) is 0 Å². The fourth-order valence-electron chi connectivity index (χ4n) is 1.26. The van der Waals surface area contributed by atoms with Crippen LogP contribution in [0.15, 0.2) is 18.5 Å². The van der Waals surface area contributed by atoms with Gasteiger partial charge in [-0.2, -0.15) is 0 Å². The Balaban J connectivity index is 2.96. The van der Waals surface area contributed by atoms with Crippen LogP contribution >= 0.6 is 0 Å². The summed E-state index contributed by atoms with van der Waals surface area (Å²) in [5.41, 5.74) is 2.06. The predicted octanol–water partition coefficient (Wildman–Crippen LogP) is 2.68. The zero-order chi connectivity index (χ0) is 10.6. The van der Waals surface area contributed by atoms with Crippen LogP contribution in [0.4, 0.5) is 5.82 Å². The largest absolute Gasteiger partial charge is 0.344 e. The van der Waals surface area contributed by atoms with Gasteiger partial charge in [0.15, 0.2) is 0 Å². The maximum Gasteiger partial charge on any atom is 0.137 e. The molecule has 0 unspecified atom stereocenters. The number of hydrogen-bond acceptors (Lipinski definition) is 3. The number of hydrogen-bond donors (Lipinski definition) is 1. The lowest BCUT2D eigenvalue weighted by atomic mass is 10.2. The highest BCUT2D eigenvalue weighted by molar-refractivity contribution is 5.47. The summed E-state index contributed by atoms with van der Waals surface area (Å²) in [7, 11) is 0. The second-order valence-corrected chi connectivity index (χ2v) is 3.45. The van der Waals surface area contributed by atoms with Crippen LogP contribution in [0.1, 0.15) is 31.7 Å². The molecule has 3 nitrogen and oxygen atoms in total. The third-order valence-electron chi connectivity index (χ3n) is 1.84. The lowest BCUT2D eigenvalue weighted by molar-refractivity contribution is 0.892. The topological polar surface area (TPSA) is 37.8 Å². The van der Waals surface area contributed by atoms with Crippen molar-refractivity contribution >= 4 is 5.82 Å². The fourth-order valence-corrected chi connectivity index (χ4v) is 1.26. The summed E-state index contributed by atoms with van der Waals surface area (Å²) in [6, 6.07) is 0. The number of nitrogens with zero attached hydrogens (tertiary/aromatic N) is 2. The quantitative estimate of drug-likeness (QED) is 0.795. The average molecular weight is 191 g/mol. The first-order valence-electron chi connectivity index (χ1n) is 4.88. The standard InChI is InChI=1S/C11H17N3/c1-5-6-10-7-12-9(4)14-11(10)13-8(2)3/h7H,2,5-6H2,1,3-4H3,(H,12,13,14). The SMILES string of the molecule is C=C(C)Nc1nc(C)ncc1CCC. The van der Waals surface area contributed by atoms with Gasteiger partial charge in [0.25, 0.3) is 0 Å². The van der Waals surface area contributed by atoms with E-state index in [0.717, 1.165) is 35.7 Å². The molecule has 0 saturated heterocycles. The summed E-state index contributed by atoms with van der Waals surface area (Å²) in [5.74, 6) is 1.68. The summed E-state index contributed by atoms with van der Waals surface area (Å²) in [6.07, 6.45) is 3.98. The highest BCUT2D eigenvalue weighted by Gasteiger charge is 2.03. The second-order valence-electron chi connectivity index (χ2n) is 3.45. The van der Waals surface area contributed by atoms with Gasteiger partial charge >= 0.3 is 0 Å². The molecule has 0 radical (unpaired) electrons. The van der Waals surface area contributed by atoms with Crippen molar-refractivity contribution in [3.05, 3.63) is 29.9 Å². The Labute approximate surface area is 85.3 Å². The lowest BCUT2D eigenvalue weighted by Crippen LogP contribution is -2.04. The molecule has 0 aliphatic carbocycles. The van der Waals surface area contributed by atoms with E-state index in [-0.39, 0.29) is 0 Å². The summed E-state index contributed by atoms with van der Waals surface area (Å²) < 4.78 is 0. The molecule has 1 aromatic rings. The van der Waals surface area contributed by atoms with Gasteiger partial charge in [-0.05, 0) is 20.3 Å². The van der Waals surface area contributed by atoms with Crippen molar-refractivity contribution in [2.75, 3.05) is 5.32 Å². The van der Waals surface area contributed by atoms with E-state index in [0.29, 0.717) is 0 Å². The van der Waals surface area contributed by atoms with Crippen molar-refractivity contribution in [2.45, 2.75) is 33.6 Å². The average Bonchev–Trinajstić information content (AvgIpc) is 2.09. The molecule has 0 saturated carbocycles. The first kappa shape index (κ1) is 10.7. The molecule has 0 aliphatic heterocycles. The monoisotopic (exact) mass is 191 g/mol. The van der Waals surface area contributed by atoms with Crippen molar-refractivity contribution in [1.29, 1.82) is 0 Å². The highest BCUT2D eigenvalue weighted by Crippen LogP contribution is 2.14. The van der Waals surface area contributed by atoms with Gasteiger partial charge in [-0.25, -0.2) is 9.97 Å². The molecule has 0 aliphatic rings. The number of rotatable bonds is 4. The molecule has 0 bridgehead atoms. The fraction of sp³-hybridized carbons (Fsp3) is 0.455. The van der Waals surface area contributed by atoms with Crippen LogP contribution in [0.3, 0.4) is 0 Å². The predicted molar refractivity (Wildman–Crippen MR) is 59.2 cm³/mol. The van der Waals surface area contributed by atoms with Crippen LogP contribution in [-0.2, 0) is 6.42 Å². The highest BCUT2D eigenvalue weighted by atomic mass is 15.0. The zero-order valence-electron chi connectivity index (χ0n) is 9.09. The van der Waals surface area contributed by atoms with E-state index in [1.165, 1.54) is 0 Å². The van der Waals surface area contributed by atoms with E-state index >= 15 is 0 Å². The first-order valence-corrected chi connectivity index (χ1v) is 4.88. The molecule has 0 atom stereocenters. The Bertz CT molecular complexity index is 331. The van der Waals surface area contributed by atoms with Crippen LogP contribution in [-0.4, -0.2) is 9.97 Å². The minimum absolute atomic E-state index is 0.786. The minimum Gasteiger partial charge on any atom is -0.344 e. The maximum atomic E-state index is 4.35. The number of anilines is 1. The molecule has 14 heavy (non-hydrogen) atoms. The Morgan fingerprint density at radius 2 is 2.29 bits per heavy atom. The van der Waals surface area contributed by atoms with Gasteiger partial charge in [-0.1, -0.05) is 19.9 Å². The molecule has 1 N–H and O–H groups in total. The van der Waals surface area contributed by atoms with Gasteiger partial charge in [0, 0.05) is 17.5 Å². The summed E-state index contributed by atoms with van der Waals surface area (Å²) >= 11 is 0. The molecular weight excluding hydrogens is 174 g/mol. The molecule has 0 spiro atoms. The van der Waals surface area contributed by atoms with Crippen molar-refractivity contribution < 1.29 is 0 Å². The zero-order valence-corrected chi connectivity index (χ0v) is 9.09. The van der Waals surface area contributed by atoms with Crippen molar-refractivity contribution in [1.82, 2.24) is 9.97 Å². The van der Waals surface area contributed by atoms with E-state index in [9.17, 15) is 0 Å². The van der Waals surface area contributed by atoms with Gasteiger partial charge in [-0.3, -0.25) is 0 Å². The van der Waals surface area contributed by atoms with Crippen LogP contribution in [0.5, 0.6) is 0 Å². The van der Waals surface area contributed by atoms with Crippen molar-refractivity contribution in [3.8, 4) is 0 Å². The Kier molecular flexibility index (Phi) is 3.63. The lowest BCUT2D eigenvalue weighted by Gasteiger charge is -2.09. The van der Waals surface area contributed by atoms with Gasteiger partial charge in [-0.15, -0.1) is 0 Å². The number of allylic oxidation sites excluding steroid dienone is 1. The van der Waals surface area contributed by atoms with Crippen molar-refractivity contribution in [2.24, 2.45) is 0 Å². The van der Waals surface area contributed by atoms with E-state index in [4.69, 9.17) is 0 Å². The summed E-state index contributed by atoms with van der Waals surface area (Å²) in [5, 5.41) is 3.15.